The lowest BCUT2D eigenvalue weighted by Gasteiger charge is -2.08. The van der Waals surface area contributed by atoms with E-state index in [1.54, 1.807) is 18.2 Å². The molecule has 0 atom stereocenters. The lowest BCUT2D eigenvalue weighted by atomic mass is 10.2. The van der Waals surface area contributed by atoms with Gasteiger partial charge < -0.3 is 10.3 Å². The molecule has 0 spiro atoms. The Bertz CT molecular complexity index is 886. The minimum Gasteiger partial charge on any atom is -0.366 e. The predicted octanol–water partition coefficient (Wildman–Crippen LogP) is 3.80. The largest absolute Gasteiger partial charge is 0.366 e. The SMILES string of the molecule is Cc1nc2cc(C(N)=O)ccc2n1Cc1ccc(Cl)c(Cl)c1. The Balaban J connectivity index is 2.04. The molecule has 0 aliphatic heterocycles. The highest BCUT2D eigenvalue weighted by atomic mass is 35.5. The van der Waals surface area contributed by atoms with E-state index in [9.17, 15) is 4.79 Å². The van der Waals surface area contributed by atoms with Crippen molar-refractivity contribution in [3.8, 4) is 0 Å². The monoisotopic (exact) mass is 333 g/mol. The van der Waals surface area contributed by atoms with Crippen LogP contribution < -0.4 is 5.73 Å². The van der Waals surface area contributed by atoms with E-state index in [0.29, 0.717) is 22.2 Å². The minimum absolute atomic E-state index is 0.451. The van der Waals surface area contributed by atoms with Crippen LogP contribution in [0.1, 0.15) is 21.7 Å². The Kier molecular flexibility index (Phi) is 3.81. The molecule has 112 valence electrons. The number of hydrogen-bond donors (Lipinski definition) is 1. The summed E-state index contributed by atoms with van der Waals surface area (Å²) in [6, 6.07) is 10.8. The fourth-order valence-electron chi connectivity index (χ4n) is 2.42. The molecule has 0 fully saturated rings. The summed E-state index contributed by atoms with van der Waals surface area (Å²) in [5.74, 6) is 0.390. The van der Waals surface area contributed by atoms with Gasteiger partial charge >= 0.3 is 0 Å². The van der Waals surface area contributed by atoms with Crippen molar-refractivity contribution in [1.29, 1.82) is 0 Å². The summed E-state index contributed by atoms with van der Waals surface area (Å²) < 4.78 is 2.06. The van der Waals surface area contributed by atoms with Crippen LogP contribution in [-0.4, -0.2) is 15.5 Å². The Labute approximate surface area is 137 Å². The fourth-order valence-corrected chi connectivity index (χ4v) is 2.74. The molecule has 0 saturated carbocycles. The number of imidazole rings is 1. The first-order valence-corrected chi connectivity index (χ1v) is 7.42. The van der Waals surface area contributed by atoms with Gasteiger partial charge in [0.1, 0.15) is 5.82 Å². The molecular formula is C16H13Cl2N3O. The standard InChI is InChI=1S/C16H13Cl2N3O/c1-9-20-14-7-11(16(19)22)3-5-15(14)21(9)8-10-2-4-12(17)13(18)6-10/h2-7H,8H2,1H3,(H2,19,22). The second-order valence-corrected chi connectivity index (χ2v) is 5.88. The van der Waals surface area contributed by atoms with Crippen molar-refractivity contribution in [2.45, 2.75) is 13.5 Å². The maximum absolute atomic E-state index is 11.3. The van der Waals surface area contributed by atoms with E-state index in [-0.39, 0.29) is 0 Å². The third-order valence-electron chi connectivity index (χ3n) is 3.55. The maximum Gasteiger partial charge on any atom is 0.248 e. The Morgan fingerprint density at radius 3 is 2.64 bits per heavy atom. The average Bonchev–Trinajstić information content (AvgIpc) is 2.78. The van der Waals surface area contributed by atoms with Crippen molar-refractivity contribution in [2.75, 3.05) is 0 Å². The molecular weight excluding hydrogens is 321 g/mol. The van der Waals surface area contributed by atoms with Gasteiger partial charge in [-0.3, -0.25) is 4.79 Å². The van der Waals surface area contributed by atoms with Crippen LogP contribution in [0.4, 0.5) is 0 Å². The van der Waals surface area contributed by atoms with Crippen LogP contribution in [-0.2, 0) is 6.54 Å². The van der Waals surface area contributed by atoms with E-state index < -0.39 is 5.91 Å². The van der Waals surface area contributed by atoms with E-state index in [1.807, 2.05) is 25.1 Å². The number of aryl methyl sites for hydroxylation is 1. The zero-order valence-electron chi connectivity index (χ0n) is 11.8. The molecule has 1 heterocycles. The lowest BCUT2D eigenvalue weighted by Crippen LogP contribution is -2.10. The molecule has 0 bridgehead atoms. The van der Waals surface area contributed by atoms with Crippen LogP contribution in [0, 0.1) is 6.92 Å². The van der Waals surface area contributed by atoms with Crippen molar-refractivity contribution in [3.63, 3.8) is 0 Å². The van der Waals surface area contributed by atoms with E-state index in [4.69, 9.17) is 28.9 Å². The number of nitrogens with two attached hydrogens (primary N) is 1. The van der Waals surface area contributed by atoms with Crippen LogP contribution in [0.2, 0.25) is 10.0 Å². The number of rotatable bonds is 3. The molecule has 2 aromatic carbocycles. The van der Waals surface area contributed by atoms with E-state index in [1.165, 1.54) is 0 Å². The van der Waals surface area contributed by atoms with Gasteiger partial charge in [0.15, 0.2) is 0 Å². The highest BCUT2D eigenvalue weighted by Gasteiger charge is 2.11. The maximum atomic E-state index is 11.3. The fraction of sp³-hybridized carbons (Fsp3) is 0.125. The summed E-state index contributed by atoms with van der Waals surface area (Å²) in [7, 11) is 0. The topological polar surface area (TPSA) is 60.9 Å². The van der Waals surface area contributed by atoms with Crippen molar-refractivity contribution in [3.05, 3.63) is 63.4 Å². The molecule has 3 aromatic rings. The number of halogens is 2. The molecule has 0 aliphatic carbocycles. The molecule has 2 N–H and O–H groups in total. The molecule has 0 saturated heterocycles. The predicted molar refractivity (Wildman–Crippen MR) is 88.6 cm³/mol. The summed E-state index contributed by atoms with van der Waals surface area (Å²) >= 11 is 12.0. The number of benzene rings is 2. The molecule has 1 aromatic heterocycles. The molecule has 0 radical (unpaired) electrons. The first-order valence-electron chi connectivity index (χ1n) is 6.66. The molecule has 1 amide bonds. The highest BCUT2D eigenvalue weighted by Crippen LogP contribution is 2.24. The first kappa shape index (κ1) is 14.9. The van der Waals surface area contributed by atoms with Gasteiger partial charge in [0.2, 0.25) is 5.91 Å². The number of fused-ring (bicyclic) bond motifs is 1. The van der Waals surface area contributed by atoms with E-state index >= 15 is 0 Å². The van der Waals surface area contributed by atoms with Crippen molar-refractivity contribution < 1.29 is 4.79 Å². The van der Waals surface area contributed by atoms with Gasteiger partial charge in [0, 0.05) is 12.1 Å². The number of carbonyl (C=O) groups excluding carboxylic acids is 1. The van der Waals surface area contributed by atoms with Crippen LogP contribution in [0.15, 0.2) is 36.4 Å². The van der Waals surface area contributed by atoms with Gasteiger partial charge in [-0.25, -0.2) is 4.98 Å². The number of carbonyl (C=O) groups is 1. The van der Waals surface area contributed by atoms with E-state index in [0.717, 1.165) is 22.4 Å². The summed E-state index contributed by atoms with van der Waals surface area (Å²) in [6.45, 7) is 2.54. The van der Waals surface area contributed by atoms with Crippen LogP contribution in [0.5, 0.6) is 0 Å². The van der Waals surface area contributed by atoms with Crippen LogP contribution in [0.3, 0.4) is 0 Å². The van der Waals surface area contributed by atoms with Gasteiger partial charge in [-0.2, -0.15) is 0 Å². The van der Waals surface area contributed by atoms with Gasteiger partial charge in [0.05, 0.1) is 21.1 Å². The third-order valence-corrected chi connectivity index (χ3v) is 4.29. The Morgan fingerprint density at radius 1 is 1.18 bits per heavy atom. The van der Waals surface area contributed by atoms with Crippen LogP contribution in [0.25, 0.3) is 11.0 Å². The van der Waals surface area contributed by atoms with Gasteiger partial charge in [-0.05, 0) is 42.8 Å². The Morgan fingerprint density at radius 2 is 1.95 bits per heavy atom. The van der Waals surface area contributed by atoms with Crippen molar-refractivity contribution in [1.82, 2.24) is 9.55 Å². The molecule has 6 heteroatoms. The number of nitrogens with zero attached hydrogens (tertiary/aromatic N) is 2. The number of primary amides is 1. The first-order chi connectivity index (χ1) is 10.5. The minimum atomic E-state index is -0.460. The van der Waals surface area contributed by atoms with E-state index in [2.05, 4.69) is 9.55 Å². The second-order valence-electron chi connectivity index (χ2n) is 5.06. The van der Waals surface area contributed by atoms with Gasteiger partial charge in [-0.1, -0.05) is 29.3 Å². The summed E-state index contributed by atoms with van der Waals surface area (Å²) in [6.07, 6.45) is 0. The van der Waals surface area contributed by atoms with Crippen LogP contribution >= 0.6 is 23.2 Å². The molecule has 3 rings (SSSR count). The lowest BCUT2D eigenvalue weighted by molar-refractivity contribution is 0.100. The number of aromatic nitrogens is 2. The third kappa shape index (κ3) is 2.67. The second kappa shape index (κ2) is 5.63. The summed E-state index contributed by atoms with van der Waals surface area (Å²) in [5.41, 5.74) is 8.46. The summed E-state index contributed by atoms with van der Waals surface area (Å²) in [4.78, 5) is 15.7. The molecule has 4 nitrogen and oxygen atoms in total. The zero-order valence-corrected chi connectivity index (χ0v) is 13.3. The quantitative estimate of drug-likeness (QED) is 0.792. The van der Waals surface area contributed by atoms with Gasteiger partial charge in [0.25, 0.3) is 0 Å². The Hall–Kier alpha value is -2.04. The molecule has 0 aliphatic rings. The average molecular weight is 334 g/mol. The van der Waals surface area contributed by atoms with Crippen molar-refractivity contribution >= 4 is 40.1 Å². The normalized spacial score (nSPS) is 11.0. The highest BCUT2D eigenvalue weighted by molar-refractivity contribution is 6.42. The number of hydrogen-bond acceptors (Lipinski definition) is 2. The smallest absolute Gasteiger partial charge is 0.248 e. The molecule has 22 heavy (non-hydrogen) atoms. The van der Waals surface area contributed by atoms with Crippen molar-refractivity contribution in [2.24, 2.45) is 5.73 Å². The zero-order chi connectivity index (χ0) is 15.9. The van der Waals surface area contributed by atoms with Gasteiger partial charge in [-0.15, -0.1) is 0 Å². The number of amides is 1. The summed E-state index contributed by atoms with van der Waals surface area (Å²) in [5, 5.41) is 1.06. The molecule has 0 unspecified atom stereocenters.